The SMILES string of the molecule is C=Cc1cc(Cl)cc(C=Nc2ccc3nc[nH]c3c2)c1O. The first-order chi connectivity index (χ1) is 10.2. The van der Waals surface area contributed by atoms with Crippen molar-refractivity contribution in [2.24, 2.45) is 4.99 Å². The Balaban J connectivity index is 1.98. The van der Waals surface area contributed by atoms with Gasteiger partial charge in [-0.25, -0.2) is 4.98 Å². The summed E-state index contributed by atoms with van der Waals surface area (Å²) >= 11 is 6.01. The maximum Gasteiger partial charge on any atom is 0.131 e. The number of hydrogen-bond donors (Lipinski definition) is 2. The molecule has 0 saturated heterocycles. The molecule has 0 spiro atoms. The Labute approximate surface area is 126 Å². The van der Waals surface area contributed by atoms with Gasteiger partial charge < -0.3 is 10.1 Å². The molecule has 2 N–H and O–H groups in total. The number of nitrogens with zero attached hydrogens (tertiary/aromatic N) is 2. The normalized spacial score (nSPS) is 11.3. The predicted octanol–water partition coefficient (Wildman–Crippen LogP) is 4.32. The van der Waals surface area contributed by atoms with Gasteiger partial charge in [-0.05, 0) is 30.3 Å². The van der Waals surface area contributed by atoms with Crippen molar-refractivity contribution in [1.82, 2.24) is 9.97 Å². The molecule has 104 valence electrons. The highest BCUT2D eigenvalue weighted by atomic mass is 35.5. The van der Waals surface area contributed by atoms with Crippen LogP contribution in [0.2, 0.25) is 5.02 Å². The van der Waals surface area contributed by atoms with E-state index in [0.29, 0.717) is 16.1 Å². The smallest absolute Gasteiger partial charge is 0.131 e. The maximum absolute atomic E-state index is 10.1. The highest BCUT2D eigenvalue weighted by Gasteiger charge is 2.05. The molecule has 0 aliphatic heterocycles. The van der Waals surface area contributed by atoms with Gasteiger partial charge in [0, 0.05) is 22.4 Å². The number of aromatic nitrogens is 2. The number of benzene rings is 2. The van der Waals surface area contributed by atoms with Gasteiger partial charge in [-0.3, -0.25) is 4.99 Å². The molecule has 4 nitrogen and oxygen atoms in total. The summed E-state index contributed by atoms with van der Waals surface area (Å²) in [6.07, 6.45) is 4.76. The zero-order valence-corrected chi connectivity index (χ0v) is 11.8. The van der Waals surface area contributed by atoms with Gasteiger partial charge in [0.15, 0.2) is 0 Å². The number of imidazole rings is 1. The van der Waals surface area contributed by atoms with E-state index >= 15 is 0 Å². The summed E-state index contributed by atoms with van der Waals surface area (Å²) in [5, 5.41) is 10.6. The average Bonchev–Trinajstić information content (AvgIpc) is 2.95. The van der Waals surface area contributed by atoms with Crippen molar-refractivity contribution in [3.63, 3.8) is 0 Å². The second-order valence-corrected chi connectivity index (χ2v) is 4.94. The zero-order chi connectivity index (χ0) is 14.8. The highest BCUT2D eigenvalue weighted by Crippen LogP contribution is 2.27. The van der Waals surface area contributed by atoms with Crippen LogP contribution in [0.5, 0.6) is 5.75 Å². The van der Waals surface area contributed by atoms with Gasteiger partial charge in [-0.2, -0.15) is 0 Å². The quantitative estimate of drug-likeness (QED) is 0.707. The number of halogens is 1. The molecule has 0 bridgehead atoms. The van der Waals surface area contributed by atoms with Crippen molar-refractivity contribution in [3.8, 4) is 5.75 Å². The van der Waals surface area contributed by atoms with Crippen LogP contribution in [0.1, 0.15) is 11.1 Å². The first-order valence-electron chi connectivity index (χ1n) is 6.29. The summed E-state index contributed by atoms with van der Waals surface area (Å²) in [6.45, 7) is 3.65. The average molecular weight is 298 g/mol. The Hall–Kier alpha value is -2.59. The van der Waals surface area contributed by atoms with E-state index in [4.69, 9.17) is 11.6 Å². The van der Waals surface area contributed by atoms with Crippen molar-refractivity contribution >= 4 is 40.6 Å². The molecule has 1 aromatic heterocycles. The Morgan fingerprint density at radius 2 is 2.05 bits per heavy atom. The fourth-order valence-electron chi connectivity index (χ4n) is 2.04. The lowest BCUT2D eigenvalue weighted by molar-refractivity contribution is 0.473. The van der Waals surface area contributed by atoms with E-state index in [0.717, 1.165) is 16.7 Å². The number of phenolic OH excluding ortho intramolecular Hbond substituents is 1. The van der Waals surface area contributed by atoms with Gasteiger partial charge in [0.05, 0.1) is 23.0 Å². The molecular formula is C16H12ClN3O. The maximum atomic E-state index is 10.1. The van der Waals surface area contributed by atoms with Gasteiger partial charge in [0.2, 0.25) is 0 Å². The molecule has 3 aromatic rings. The third-order valence-corrected chi connectivity index (χ3v) is 3.33. The largest absolute Gasteiger partial charge is 0.507 e. The van der Waals surface area contributed by atoms with Crippen molar-refractivity contribution in [3.05, 3.63) is 59.4 Å². The summed E-state index contributed by atoms with van der Waals surface area (Å²) < 4.78 is 0. The summed E-state index contributed by atoms with van der Waals surface area (Å²) in [4.78, 5) is 11.5. The monoisotopic (exact) mass is 297 g/mol. The summed E-state index contributed by atoms with van der Waals surface area (Å²) in [5.41, 5.74) is 3.67. The van der Waals surface area contributed by atoms with E-state index in [2.05, 4.69) is 21.5 Å². The first-order valence-corrected chi connectivity index (χ1v) is 6.67. The Bertz CT molecular complexity index is 852. The zero-order valence-electron chi connectivity index (χ0n) is 11.0. The molecule has 0 aliphatic rings. The van der Waals surface area contributed by atoms with E-state index in [1.807, 2.05) is 18.2 Å². The molecule has 0 atom stereocenters. The topological polar surface area (TPSA) is 61.3 Å². The van der Waals surface area contributed by atoms with E-state index in [9.17, 15) is 5.11 Å². The number of rotatable bonds is 3. The second-order valence-electron chi connectivity index (χ2n) is 4.50. The van der Waals surface area contributed by atoms with Crippen molar-refractivity contribution in [2.75, 3.05) is 0 Å². The van der Waals surface area contributed by atoms with Crippen LogP contribution < -0.4 is 0 Å². The third kappa shape index (κ3) is 2.66. The molecule has 0 saturated carbocycles. The number of nitrogens with one attached hydrogen (secondary N) is 1. The lowest BCUT2D eigenvalue weighted by atomic mass is 10.1. The molecule has 0 fully saturated rings. The Morgan fingerprint density at radius 3 is 2.86 bits per heavy atom. The van der Waals surface area contributed by atoms with Crippen LogP contribution >= 0.6 is 11.6 Å². The number of hydrogen-bond acceptors (Lipinski definition) is 3. The fourth-order valence-corrected chi connectivity index (χ4v) is 2.28. The molecule has 21 heavy (non-hydrogen) atoms. The Morgan fingerprint density at radius 1 is 1.24 bits per heavy atom. The molecule has 5 heteroatoms. The van der Waals surface area contributed by atoms with Crippen LogP contribution in [0.15, 0.2) is 48.2 Å². The van der Waals surface area contributed by atoms with E-state index in [1.54, 1.807) is 30.8 Å². The molecule has 2 aromatic carbocycles. The number of H-pyrrole nitrogens is 1. The van der Waals surface area contributed by atoms with Crippen molar-refractivity contribution in [1.29, 1.82) is 0 Å². The minimum Gasteiger partial charge on any atom is -0.507 e. The Kier molecular flexibility index (Phi) is 3.46. The van der Waals surface area contributed by atoms with Crippen LogP contribution in [0.3, 0.4) is 0 Å². The van der Waals surface area contributed by atoms with Crippen LogP contribution in [0, 0.1) is 0 Å². The highest BCUT2D eigenvalue weighted by molar-refractivity contribution is 6.31. The molecule has 0 unspecified atom stereocenters. The standard InChI is InChI=1S/C16H12ClN3O/c1-2-10-5-12(17)6-11(16(10)21)8-18-13-3-4-14-15(7-13)20-9-19-14/h2-9,21H,1H2,(H,19,20). The van der Waals surface area contributed by atoms with Crippen LogP contribution in [-0.4, -0.2) is 21.3 Å². The molecule has 0 radical (unpaired) electrons. The van der Waals surface area contributed by atoms with E-state index < -0.39 is 0 Å². The van der Waals surface area contributed by atoms with Crippen LogP contribution in [0.25, 0.3) is 17.1 Å². The van der Waals surface area contributed by atoms with Crippen LogP contribution in [0.4, 0.5) is 5.69 Å². The lowest BCUT2D eigenvalue weighted by Crippen LogP contribution is -1.86. The summed E-state index contributed by atoms with van der Waals surface area (Å²) in [5.74, 6) is 0.112. The van der Waals surface area contributed by atoms with Gasteiger partial charge in [-0.1, -0.05) is 24.3 Å². The fraction of sp³-hybridized carbons (Fsp3) is 0. The number of phenols is 1. The molecule has 0 amide bonds. The third-order valence-electron chi connectivity index (χ3n) is 3.11. The summed E-state index contributed by atoms with van der Waals surface area (Å²) in [6, 6.07) is 8.93. The first kappa shape index (κ1) is 13.4. The lowest BCUT2D eigenvalue weighted by Gasteiger charge is -2.04. The molecule has 3 rings (SSSR count). The molecular weight excluding hydrogens is 286 g/mol. The number of aromatic hydroxyl groups is 1. The predicted molar refractivity (Wildman–Crippen MR) is 86.6 cm³/mol. The molecule has 1 heterocycles. The van der Waals surface area contributed by atoms with Gasteiger partial charge in [-0.15, -0.1) is 0 Å². The van der Waals surface area contributed by atoms with E-state index in [1.165, 1.54) is 0 Å². The van der Waals surface area contributed by atoms with Crippen LogP contribution in [-0.2, 0) is 0 Å². The van der Waals surface area contributed by atoms with Gasteiger partial charge in [0.25, 0.3) is 0 Å². The number of fused-ring (bicyclic) bond motifs is 1. The van der Waals surface area contributed by atoms with Gasteiger partial charge in [0.1, 0.15) is 5.75 Å². The minimum absolute atomic E-state index is 0.112. The minimum atomic E-state index is 0.112. The van der Waals surface area contributed by atoms with Crippen molar-refractivity contribution < 1.29 is 5.11 Å². The second kappa shape index (κ2) is 5.42. The number of aromatic amines is 1. The van der Waals surface area contributed by atoms with Crippen molar-refractivity contribution in [2.45, 2.75) is 0 Å². The molecule has 0 aliphatic carbocycles. The summed E-state index contributed by atoms with van der Waals surface area (Å²) in [7, 11) is 0. The van der Waals surface area contributed by atoms with E-state index in [-0.39, 0.29) is 5.75 Å². The van der Waals surface area contributed by atoms with Gasteiger partial charge >= 0.3 is 0 Å². The number of aliphatic imine (C=N–C) groups is 1.